The molecular weight excluding hydrogens is 284 g/mol. The number of fused-ring (bicyclic) bond motifs is 3. The van der Waals surface area contributed by atoms with Gasteiger partial charge in [0.2, 0.25) is 5.95 Å². The molecule has 2 heterocycles. The Balaban J connectivity index is 2.11. The van der Waals surface area contributed by atoms with Crippen LogP contribution in [0.1, 0.15) is 37.6 Å². The van der Waals surface area contributed by atoms with Gasteiger partial charge in [0.25, 0.3) is 0 Å². The fourth-order valence-electron chi connectivity index (χ4n) is 3.09. The summed E-state index contributed by atoms with van der Waals surface area (Å²) >= 11 is 1.74. The molecular formula is C14H22N6S. The first-order chi connectivity index (χ1) is 9.94. The van der Waals surface area contributed by atoms with Crippen molar-refractivity contribution in [1.29, 1.82) is 0 Å². The summed E-state index contributed by atoms with van der Waals surface area (Å²) in [5, 5.41) is 1.06. The van der Waals surface area contributed by atoms with Crippen molar-refractivity contribution in [2.45, 2.75) is 40.0 Å². The number of anilines is 2. The molecule has 0 bridgehead atoms. The first-order valence-corrected chi connectivity index (χ1v) is 8.01. The SMILES string of the molecule is CC(C)(C)C1CCc2c(sc3nc(NN)nc(NN)c23)C1. The minimum Gasteiger partial charge on any atom is -0.308 e. The molecule has 1 atom stereocenters. The molecule has 1 aliphatic rings. The number of nitrogen functional groups attached to an aromatic ring is 2. The third-order valence-corrected chi connectivity index (χ3v) is 5.55. The van der Waals surface area contributed by atoms with Crippen molar-refractivity contribution in [3.05, 3.63) is 10.4 Å². The molecule has 6 nitrogen and oxygen atoms in total. The highest BCUT2D eigenvalue weighted by atomic mass is 32.1. The molecule has 21 heavy (non-hydrogen) atoms. The van der Waals surface area contributed by atoms with Crippen LogP contribution in [0.3, 0.4) is 0 Å². The van der Waals surface area contributed by atoms with E-state index in [0.717, 1.165) is 23.1 Å². The second-order valence-electron chi connectivity index (χ2n) is 6.67. The van der Waals surface area contributed by atoms with E-state index in [2.05, 4.69) is 41.6 Å². The molecule has 0 aliphatic heterocycles. The maximum absolute atomic E-state index is 5.62. The number of thiophene rings is 1. The summed E-state index contributed by atoms with van der Waals surface area (Å²) in [5.74, 6) is 12.8. The Morgan fingerprint density at radius 2 is 1.95 bits per heavy atom. The van der Waals surface area contributed by atoms with Crippen molar-refractivity contribution in [2.24, 2.45) is 23.0 Å². The molecule has 3 rings (SSSR count). The van der Waals surface area contributed by atoms with E-state index in [1.54, 1.807) is 11.3 Å². The average Bonchev–Trinajstić information content (AvgIpc) is 2.82. The van der Waals surface area contributed by atoms with Crippen molar-refractivity contribution in [3.63, 3.8) is 0 Å². The van der Waals surface area contributed by atoms with E-state index < -0.39 is 0 Å². The summed E-state index contributed by atoms with van der Waals surface area (Å²) in [6.45, 7) is 6.96. The Hall–Kier alpha value is -1.44. The van der Waals surface area contributed by atoms with Crippen molar-refractivity contribution in [3.8, 4) is 0 Å². The Kier molecular flexibility index (Phi) is 3.51. The number of hydrazine groups is 2. The van der Waals surface area contributed by atoms with E-state index in [4.69, 9.17) is 11.7 Å². The maximum atomic E-state index is 5.62. The van der Waals surface area contributed by atoms with Crippen molar-refractivity contribution in [2.75, 3.05) is 10.9 Å². The number of rotatable bonds is 2. The normalized spacial score (nSPS) is 18.6. The minimum absolute atomic E-state index is 0.332. The molecule has 6 N–H and O–H groups in total. The van der Waals surface area contributed by atoms with Gasteiger partial charge in [-0.2, -0.15) is 4.98 Å². The lowest BCUT2D eigenvalue weighted by Crippen LogP contribution is -2.26. The Bertz CT molecular complexity index is 672. The zero-order chi connectivity index (χ0) is 15.2. The first-order valence-electron chi connectivity index (χ1n) is 7.19. The standard InChI is InChI=1S/C14H22N6S/c1-14(2,3)7-4-5-8-9(6-7)21-12-10(8)11(19-15)17-13(18-12)20-16/h7H,4-6,15-16H2,1-3H3,(H2,17,18,19,20). The van der Waals surface area contributed by atoms with Gasteiger partial charge in [0.1, 0.15) is 4.83 Å². The number of nitrogens with two attached hydrogens (primary N) is 2. The van der Waals surface area contributed by atoms with Gasteiger partial charge in [0.05, 0.1) is 5.39 Å². The van der Waals surface area contributed by atoms with Gasteiger partial charge in [0.15, 0.2) is 5.82 Å². The third-order valence-electron chi connectivity index (χ3n) is 4.40. The largest absolute Gasteiger partial charge is 0.308 e. The molecule has 0 aromatic carbocycles. The number of nitrogens with zero attached hydrogens (tertiary/aromatic N) is 2. The topological polar surface area (TPSA) is 102 Å². The number of hydrogen-bond acceptors (Lipinski definition) is 7. The monoisotopic (exact) mass is 306 g/mol. The lowest BCUT2D eigenvalue weighted by atomic mass is 9.72. The van der Waals surface area contributed by atoms with Crippen LogP contribution >= 0.6 is 11.3 Å². The van der Waals surface area contributed by atoms with Gasteiger partial charge in [-0.15, -0.1) is 11.3 Å². The number of aromatic nitrogens is 2. The van der Waals surface area contributed by atoms with Crippen LogP contribution in [-0.2, 0) is 12.8 Å². The molecule has 0 spiro atoms. The molecule has 7 heteroatoms. The van der Waals surface area contributed by atoms with Gasteiger partial charge in [-0.05, 0) is 36.2 Å². The van der Waals surface area contributed by atoms with Crippen LogP contribution in [-0.4, -0.2) is 9.97 Å². The molecule has 1 unspecified atom stereocenters. The first kappa shape index (κ1) is 14.5. The highest BCUT2D eigenvalue weighted by molar-refractivity contribution is 7.19. The maximum Gasteiger partial charge on any atom is 0.240 e. The summed E-state index contributed by atoms with van der Waals surface area (Å²) in [6.07, 6.45) is 3.36. The zero-order valence-corrected chi connectivity index (χ0v) is 13.5. The lowest BCUT2D eigenvalue weighted by Gasteiger charge is -2.33. The van der Waals surface area contributed by atoms with E-state index in [1.165, 1.54) is 16.9 Å². The van der Waals surface area contributed by atoms with E-state index in [1.807, 2.05) is 0 Å². The molecule has 0 saturated carbocycles. The third kappa shape index (κ3) is 2.45. The van der Waals surface area contributed by atoms with E-state index >= 15 is 0 Å². The Morgan fingerprint density at radius 3 is 2.57 bits per heavy atom. The van der Waals surface area contributed by atoms with Gasteiger partial charge in [0, 0.05) is 4.88 Å². The van der Waals surface area contributed by atoms with Crippen LogP contribution < -0.4 is 22.5 Å². The molecule has 0 fully saturated rings. The van der Waals surface area contributed by atoms with Crippen LogP contribution in [0.4, 0.5) is 11.8 Å². The van der Waals surface area contributed by atoms with Gasteiger partial charge in [-0.3, -0.25) is 5.43 Å². The Labute approximate surface area is 128 Å². The summed E-state index contributed by atoms with van der Waals surface area (Å²) in [5.41, 5.74) is 6.86. The molecule has 114 valence electrons. The molecule has 2 aromatic rings. The molecule has 0 saturated heterocycles. The van der Waals surface area contributed by atoms with Gasteiger partial charge in [-0.1, -0.05) is 20.8 Å². The molecule has 2 aromatic heterocycles. The predicted octanol–water partition coefficient (Wildman–Crippen LogP) is 2.41. The fraction of sp³-hybridized carbons (Fsp3) is 0.571. The highest BCUT2D eigenvalue weighted by Gasteiger charge is 2.31. The number of aryl methyl sites for hydroxylation is 1. The fourth-order valence-corrected chi connectivity index (χ4v) is 4.38. The summed E-state index contributed by atoms with van der Waals surface area (Å²) < 4.78 is 0. The van der Waals surface area contributed by atoms with E-state index in [-0.39, 0.29) is 0 Å². The van der Waals surface area contributed by atoms with Crippen LogP contribution in [0.2, 0.25) is 0 Å². The van der Waals surface area contributed by atoms with Crippen LogP contribution in [0.25, 0.3) is 10.2 Å². The molecule has 0 amide bonds. The lowest BCUT2D eigenvalue weighted by molar-refractivity contribution is 0.218. The molecule has 1 aliphatic carbocycles. The van der Waals surface area contributed by atoms with Crippen molar-refractivity contribution < 1.29 is 0 Å². The van der Waals surface area contributed by atoms with Crippen LogP contribution in [0.5, 0.6) is 0 Å². The summed E-state index contributed by atoms with van der Waals surface area (Å²) in [7, 11) is 0. The number of nitrogens with one attached hydrogen (secondary N) is 2. The zero-order valence-electron chi connectivity index (χ0n) is 12.7. The second kappa shape index (κ2) is 5.08. The summed E-state index contributed by atoms with van der Waals surface area (Å²) in [6, 6.07) is 0. The quantitative estimate of drug-likeness (QED) is 0.502. The number of hydrogen-bond donors (Lipinski definition) is 4. The van der Waals surface area contributed by atoms with Crippen molar-refractivity contribution >= 4 is 33.3 Å². The summed E-state index contributed by atoms with van der Waals surface area (Å²) in [4.78, 5) is 11.1. The van der Waals surface area contributed by atoms with Crippen LogP contribution in [0.15, 0.2) is 0 Å². The highest BCUT2D eigenvalue weighted by Crippen LogP contribution is 2.44. The molecule has 0 radical (unpaired) electrons. The van der Waals surface area contributed by atoms with Gasteiger partial charge < -0.3 is 5.43 Å². The second-order valence-corrected chi connectivity index (χ2v) is 7.76. The van der Waals surface area contributed by atoms with Gasteiger partial charge >= 0.3 is 0 Å². The Morgan fingerprint density at radius 1 is 1.19 bits per heavy atom. The van der Waals surface area contributed by atoms with Gasteiger partial charge in [-0.25, -0.2) is 16.7 Å². The average molecular weight is 306 g/mol. The van der Waals surface area contributed by atoms with E-state index in [0.29, 0.717) is 23.1 Å². The predicted molar refractivity (Wildman–Crippen MR) is 88.0 cm³/mol. The minimum atomic E-state index is 0.332. The smallest absolute Gasteiger partial charge is 0.240 e. The van der Waals surface area contributed by atoms with Crippen LogP contribution in [0, 0.1) is 11.3 Å². The van der Waals surface area contributed by atoms with E-state index in [9.17, 15) is 0 Å². The van der Waals surface area contributed by atoms with Crippen molar-refractivity contribution in [1.82, 2.24) is 9.97 Å².